The van der Waals surface area contributed by atoms with Gasteiger partial charge in [0.15, 0.2) is 5.78 Å². The van der Waals surface area contributed by atoms with E-state index < -0.39 is 5.54 Å². The van der Waals surface area contributed by atoms with Crippen molar-refractivity contribution in [1.82, 2.24) is 4.90 Å². The predicted octanol–water partition coefficient (Wildman–Crippen LogP) is 3.78. The molecule has 0 unspecified atom stereocenters. The zero-order valence-electron chi connectivity index (χ0n) is 13.6. The summed E-state index contributed by atoms with van der Waals surface area (Å²) in [4.78, 5) is 14.9. The van der Waals surface area contributed by atoms with Crippen LogP contribution in [-0.4, -0.2) is 35.4 Å². The van der Waals surface area contributed by atoms with Gasteiger partial charge >= 0.3 is 0 Å². The van der Waals surface area contributed by atoms with E-state index in [0.717, 1.165) is 24.4 Å². The summed E-state index contributed by atoms with van der Waals surface area (Å²) in [6.07, 6.45) is 0.142. The Morgan fingerprint density at radius 1 is 1.15 bits per heavy atom. The number of benzene rings is 1. The van der Waals surface area contributed by atoms with E-state index in [0.29, 0.717) is 0 Å². The molecule has 0 saturated carbocycles. The minimum absolute atomic E-state index is 0.142. The van der Waals surface area contributed by atoms with Crippen LogP contribution in [0, 0.1) is 0 Å². The molecule has 0 aliphatic carbocycles. The number of likely N-dealkylation sites (N-methyl/N-ethyl adjacent to an activating group) is 1. The Balaban J connectivity index is 2.91. The Bertz CT molecular complexity index is 431. The van der Waals surface area contributed by atoms with Crippen molar-refractivity contribution in [1.29, 1.82) is 0 Å². The molecule has 0 saturated heterocycles. The third-order valence-electron chi connectivity index (χ3n) is 3.60. The molecular formula is C17H27NO2. The van der Waals surface area contributed by atoms with Gasteiger partial charge in [0.1, 0.15) is 5.75 Å². The molecule has 20 heavy (non-hydrogen) atoms. The third kappa shape index (κ3) is 3.83. The molecule has 0 fully saturated rings. The van der Waals surface area contributed by atoms with Gasteiger partial charge < -0.3 is 4.74 Å². The Morgan fingerprint density at radius 3 is 2.05 bits per heavy atom. The highest BCUT2D eigenvalue weighted by molar-refractivity contribution is 6.02. The van der Waals surface area contributed by atoms with Crippen LogP contribution in [0.5, 0.6) is 5.75 Å². The first-order valence-corrected chi connectivity index (χ1v) is 7.39. The van der Waals surface area contributed by atoms with Gasteiger partial charge in [-0.1, -0.05) is 13.8 Å². The van der Waals surface area contributed by atoms with Gasteiger partial charge in [0.05, 0.1) is 11.6 Å². The van der Waals surface area contributed by atoms with Gasteiger partial charge in [-0.05, 0) is 65.0 Å². The van der Waals surface area contributed by atoms with E-state index >= 15 is 0 Å². The number of ether oxygens (including phenoxy) is 1. The van der Waals surface area contributed by atoms with Gasteiger partial charge in [-0.25, -0.2) is 0 Å². The van der Waals surface area contributed by atoms with Crippen LogP contribution in [0.1, 0.15) is 51.9 Å². The molecule has 1 rings (SSSR count). The lowest BCUT2D eigenvalue weighted by molar-refractivity contribution is 0.0668. The first-order valence-electron chi connectivity index (χ1n) is 7.39. The zero-order chi connectivity index (χ0) is 15.3. The second-order valence-electron chi connectivity index (χ2n) is 5.75. The van der Waals surface area contributed by atoms with Crippen LogP contribution < -0.4 is 4.74 Å². The van der Waals surface area contributed by atoms with Crippen molar-refractivity contribution in [2.24, 2.45) is 0 Å². The normalized spacial score (nSPS) is 12.0. The van der Waals surface area contributed by atoms with E-state index in [4.69, 9.17) is 4.74 Å². The molecule has 0 heterocycles. The molecule has 112 valence electrons. The Hall–Kier alpha value is -1.35. The number of Topliss-reactive ketones (excluding diaryl/α,β-unsaturated/α-hetero) is 1. The van der Waals surface area contributed by atoms with Crippen molar-refractivity contribution in [3.05, 3.63) is 29.8 Å². The summed E-state index contributed by atoms with van der Waals surface area (Å²) < 4.78 is 5.60. The Labute approximate surface area is 122 Å². The summed E-state index contributed by atoms with van der Waals surface area (Å²) in [7, 11) is 0. The van der Waals surface area contributed by atoms with Gasteiger partial charge in [-0.2, -0.15) is 0 Å². The van der Waals surface area contributed by atoms with Crippen LogP contribution in [0.25, 0.3) is 0 Å². The fourth-order valence-electron chi connectivity index (χ4n) is 2.47. The molecule has 0 radical (unpaired) electrons. The van der Waals surface area contributed by atoms with Gasteiger partial charge in [0.2, 0.25) is 0 Å². The minimum Gasteiger partial charge on any atom is -0.491 e. The Morgan fingerprint density at radius 2 is 1.65 bits per heavy atom. The van der Waals surface area contributed by atoms with Crippen LogP contribution in [0.15, 0.2) is 24.3 Å². The fraction of sp³-hybridized carbons (Fsp3) is 0.588. The molecular weight excluding hydrogens is 250 g/mol. The fourth-order valence-corrected chi connectivity index (χ4v) is 2.47. The average molecular weight is 277 g/mol. The standard InChI is InChI=1S/C17H27NO2/c1-7-18(8-2)17(5,6)16(19)14-9-11-15(12-10-14)20-13(3)4/h9-13H,7-8H2,1-6H3. The molecule has 1 aromatic carbocycles. The lowest BCUT2D eigenvalue weighted by atomic mass is 9.91. The molecule has 0 spiro atoms. The topological polar surface area (TPSA) is 29.5 Å². The van der Waals surface area contributed by atoms with Crippen molar-refractivity contribution in [3.63, 3.8) is 0 Å². The average Bonchev–Trinajstić information content (AvgIpc) is 2.39. The lowest BCUT2D eigenvalue weighted by Crippen LogP contribution is -2.49. The first kappa shape index (κ1) is 16.7. The van der Waals surface area contributed by atoms with Crippen LogP contribution in [-0.2, 0) is 0 Å². The van der Waals surface area contributed by atoms with E-state index in [2.05, 4.69) is 18.7 Å². The molecule has 0 aliphatic rings. The highest BCUT2D eigenvalue weighted by atomic mass is 16.5. The molecule has 0 aliphatic heterocycles. The third-order valence-corrected chi connectivity index (χ3v) is 3.60. The zero-order valence-corrected chi connectivity index (χ0v) is 13.6. The SMILES string of the molecule is CCN(CC)C(C)(C)C(=O)c1ccc(OC(C)C)cc1. The summed E-state index contributed by atoms with van der Waals surface area (Å²) in [5, 5.41) is 0. The van der Waals surface area contributed by atoms with Crippen molar-refractivity contribution >= 4 is 5.78 Å². The molecule has 1 aromatic rings. The van der Waals surface area contributed by atoms with E-state index in [-0.39, 0.29) is 11.9 Å². The number of hydrogen-bond donors (Lipinski definition) is 0. The number of nitrogens with zero attached hydrogens (tertiary/aromatic N) is 1. The highest BCUT2D eigenvalue weighted by Gasteiger charge is 2.33. The summed E-state index contributed by atoms with van der Waals surface area (Å²) in [5.41, 5.74) is 0.252. The number of rotatable bonds is 7. The van der Waals surface area contributed by atoms with Crippen LogP contribution in [0.4, 0.5) is 0 Å². The van der Waals surface area contributed by atoms with Crippen molar-refractivity contribution < 1.29 is 9.53 Å². The van der Waals surface area contributed by atoms with E-state index in [1.807, 2.05) is 52.0 Å². The predicted molar refractivity (Wildman–Crippen MR) is 83.5 cm³/mol. The Kier molecular flexibility index (Phi) is 5.75. The van der Waals surface area contributed by atoms with Gasteiger partial charge in [-0.15, -0.1) is 0 Å². The molecule has 0 amide bonds. The first-order chi connectivity index (χ1) is 9.32. The maximum atomic E-state index is 12.7. The molecule has 0 N–H and O–H groups in total. The number of carbonyl (C=O) groups is 1. The number of hydrogen-bond acceptors (Lipinski definition) is 3. The molecule has 3 heteroatoms. The van der Waals surface area contributed by atoms with Gasteiger partial charge in [0, 0.05) is 5.56 Å². The monoisotopic (exact) mass is 277 g/mol. The molecule has 3 nitrogen and oxygen atoms in total. The van der Waals surface area contributed by atoms with E-state index in [9.17, 15) is 4.79 Å². The second-order valence-corrected chi connectivity index (χ2v) is 5.75. The van der Waals surface area contributed by atoms with Crippen LogP contribution in [0.3, 0.4) is 0 Å². The van der Waals surface area contributed by atoms with Gasteiger partial charge in [0.25, 0.3) is 0 Å². The maximum Gasteiger partial charge on any atom is 0.182 e. The largest absolute Gasteiger partial charge is 0.491 e. The van der Waals surface area contributed by atoms with Crippen LogP contribution >= 0.6 is 0 Å². The van der Waals surface area contributed by atoms with Crippen molar-refractivity contribution in [2.45, 2.75) is 53.2 Å². The smallest absolute Gasteiger partial charge is 0.182 e. The van der Waals surface area contributed by atoms with Crippen molar-refractivity contribution in [2.75, 3.05) is 13.1 Å². The minimum atomic E-state index is -0.482. The lowest BCUT2D eigenvalue weighted by Gasteiger charge is -2.35. The summed E-state index contributed by atoms with van der Waals surface area (Å²) in [6.45, 7) is 13.8. The summed E-state index contributed by atoms with van der Waals surface area (Å²) in [5.74, 6) is 0.953. The van der Waals surface area contributed by atoms with E-state index in [1.54, 1.807) is 0 Å². The quantitative estimate of drug-likeness (QED) is 0.710. The van der Waals surface area contributed by atoms with Crippen LogP contribution in [0.2, 0.25) is 0 Å². The summed E-state index contributed by atoms with van der Waals surface area (Å²) >= 11 is 0. The molecule has 0 bridgehead atoms. The number of ketones is 1. The van der Waals surface area contributed by atoms with E-state index in [1.165, 1.54) is 0 Å². The molecule has 0 aromatic heterocycles. The highest BCUT2D eigenvalue weighted by Crippen LogP contribution is 2.22. The second kappa shape index (κ2) is 6.89. The van der Waals surface area contributed by atoms with Crippen molar-refractivity contribution in [3.8, 4) is 5.75 Å². The van der Waals surface area contributed by atoms with Gasteiger partial charge in [-0.3, -0.25) is 9.69 Å². The summed E-state index contributed by atoms with van der Waals surface area (Å²) in [6, 6.07) is 7.44. The molecule has 0 atom stereocenters. The number of carbonyl (C=O) groups excluding carboxylic acids is 1. The maximum absolute atomic E-state index is 12.7.